The quantitative estimate of drug-likeness (QED) is 0.336. The zero-order valence-electron chi connectivity index (χ0n) is 17.7. The summed E-state index contributed by atoms with van der Waals surface area (Å²) in [6, 6.07) is 5.03. The van der Waals surface area contributed by atoms with Crippen molar-refractivity contribution >= 4 is 5.91 Å². The molecule has 1 N–H and O–H groups in total. The fourth-order valence-electron chi connectivity index (χ4n) is 3.00. The van der Waals surface area contributed by atoms with Crippen LogP contribution in [0.1, 0.15) is 60.3 Å². The van der Waals surface area contributed by atoms with Crippen molar-refractivity contribution < 1.29 is 31.5 Å². The van der Waals surface area contributed by atoms with Crippen LogP contribution >= 0.6 is 0 Å². The van der Waals surface area contributed by atoms with Crippen LogP contribution in [0.2, 0.25) is 0 Å². The minimum absolute atomic E-state index is 0.0297. The van der Waals surface area contributed by atoms with E-state index in [2.05, 4.69) is 15.3 Å². The van der Waals surface area contributed by atoms with E-state index < -0.39 is 35.5 Å². The Morgan fingerprint density at radius 1 is 1.06 bits per heavy atom. The summed E-state index contributed by atoms with van der Waals surface area (Å²) in [7, 11) is 0. The van der Waals surface area contributed by atoms with Crippen LogP contribution in [0.5, 0.6) is 0 Å². The lowest BCUT2D eigenvalue weighted by Crippen LogP contribution is -2.38. The van der Waals surface area contributed by atoms with Crippen LogP contribution in [0.4, 0.5) is 22.0 Å². The number of hydrogen-bond donors (Lipinski definition) is 1. The van der Waals surface area contributed by atoms with E-state index in [1.165, 1.54) is 19.1 Å². The zero-order valence-corrected chi connectivity index (χ0v) is 17.7. The number of halogens is 5. The van der Waals surface area contributed by atoms with Crippen molar-refractivity contribution in [2.75, 3.05) is 0 Å². The number of amides is 1. The number of nitrogens with one attached hydrogen (secondary N) is 1. The number of alkyl halides is 3. The molecule has 0 fully saturated rings. The molecule has 0 unspecified atom stereocenters. The second-order valence-electron chi connectivity index (χ2n) is 7.64. The predicted molar refractivity (Wildman–Crippen MR) is 108 cm³/mol. The van der Waals surface area contributed by atoms with E-state index in [-0.39, 0.29) is 39.0 Å². The second kappa shape index (κ2) is 9.08. The van der Waals surface area contributed by atoms with Gasteiger partial charge in [0, 0.05) is 29.2 Å². The fourth-order valence-corrected chi connectivity index (χ4v) is 3.00. The molecule has 0 aliphatic carbocycles. The third-order valence-electron chi connectivity index (χ3n) is 4.78. The molecule has 2 heterocycles. The maximum Gasteiger partial charge on any atom is 0.478 e. The Morgan fingerprint density at radius 2 is 1.76 bits per heavy atom. The van der Waals surface area contributed by atoms with Crippen molar-refractivity contribution in [3.63, 3.8) is 0 Å². The molecule has 0 spiro atoms. The van der Waals surface area contributed by atoms with Crippen molar-refractivity contribution in [3.8, 4) is 11.3 Å². The molecule has 0 saturated carbocycles. The van der Waals surface area contributed by atoms with Crippen molar-refractivity contribution in [2.24, 2.45) is 0 Å². The molecular formula is C22H19F5N4O2. The Labute approximate surface area is 185 Å². The van der Waals surface area contributed by atoms with Gasteiger partial charge in [-0.25, -0.2) is 18.7 Å². The van der Waals surface area contributed by atoms with E-state index in [9.17, 15) is 32.0 Å². The summed E-state index contributed by atoms with van der Waals surface area (Å²) in [5, 5.41) is 14.3. The minimum Gasteiger partial charge on any atom is -0.618 e. The van der Waals surface area contributed by atoms with Crippen molar-refractivity contribution in [3.05, 3.63) is 82.2 Å². The van der Waals surface area contributed by atoms with Crippen LogP contribution in [0, 0.1) is 16.8 Å². The number of nitrogens with zero attached hydrogens (tertiary/aromatic N) is 3. The van der Waals surface area contributed by atoms with Gasteiger partial charge in [-0.2, -0.15) is 17.9 Å². The van der Waals surface area contributed by atoms with Crippen LogP contribution in [0.15, 0.2) is 42.6 Å². The third-order valence-corrected chi connectivity index (χ3v) is 4.78. The van der Waals surface area contributed by atoms with Gasteiger partial charge in [0.05, 0.1) is 11.7 Å². The van der Waals surface area contributed by atoms with E-state index in [1.54, 1.807) is 13.8 Å². The number of carbonyl (C=O) groups excluding carboxylic acids is 1. The molecule has 0 aliphatic heterocycles. The van der Waals surface area contributed by atoms with Crippen LogP contribution in [-0.4, -0.2) is 15.9 Å². The Morgan fingerprint density at radius 3 is 2.33 bits per heavy atom. The van der Waals surface area contributed by atoms with Gasteiger partial charge in [-0.3, -0.25) is 4.79 Å². The van der Waals surface area contributed by atoms with Crippen LogP contribution in [-0.2, 0) is 6.18 Å². The summed E-state index contributed by atoms with van der Waals surface area (Å²) in [6.07, 6.45) is -4.08. The van der Waals surface area contributed by atoms with Gasteiger partial charge in [0.2, 0.25) is 0 Å². The van der Waals surface area contributed by atoms with Crippen LogP contribution < -0.4 is 10.0 Å². The van der Waals surface area contributed by atoms with E-state index in [0.717, 1.165) is 18.3 Å². The smallest absolute Gasteiger partial charge is 0.478 e. The lowest BCUT2D eigenvalue weighted by molar-refractivity contribution is -0.629. The third kappa shape index (κ3) is 5.41. The standard InChI is InChI=1S/C22H19F5N4O2/c1-11(2)20-29-17(15-6-5-14(23)8-16(15)24)9-18(30-20)21(32)28-12(3)13-4-7-19(22(25,26)27)31(33)10-13/h4-12H,1-3H3,(H,28,32)/t12-/m1/s1. The maximum atomic E-state index is 14.3. The van der Waals surface area contributed by atoms with Gasteiger partial charge in [0.1, 0.15) is 23.2 Å². The highest BCUT2D eigenvalue weighted by molar-refractivity contribution is 5.93. The molecule has 0 radical (unpaired) electrons. The molecule has 2 aromatic heterocycles. The minimum atomic E-state index is -4.81. The average molecular weight is 466 g/mol. The monoisotopic (exact) mass is 466 g/mol. The highest BCUT2D eigenvalue weighted by atomic mass is 19.4. The fraction of sp³-hybridized carbons (Fsp3) is 0.273. The summed E-state index contributed by atoms with van der Waals surface area (Å²) < 4.78 is 65.6. The molecule has 1 atom stereocenters. The second-order valence-corrected chi connectivity index (χ2v) is 7.64. The highest BCUT2D eigenvalue weighted by Crippen LogP contribution is 2.27. The summed E-state index contributed by atoms with van der Waals surface area (Å²) in [6.45, 7) is 5.00. The molecule has 0 saturated heterocycles. The van der Waals surface area contributed by atoms with Crippen molar-refractivity contribution in [1.29, 1.82) is 0 Å². The van der Waals surface area contributed by atoms with Crippen LogP contribution in [0.25, 0.3) is 11.3 Å². The molecule has 0 aliphatic rings. The number of benzene rings is 1. The van der Waals surface area contributed by atoms with E-state index in [4.69, 9.17) is 0 Å². The molecule has 1 aromatic carbocycles. The number of carbonyl (C=O) groups is 1. The molecule has 1 amide bonds. The summed E-state index contributed by atoms with van der Waals surface area (Å²) in [5.74, 6) is -2.35. The van der Waals surface area contributed by atoms with Gasteiger partial charge in [0.15, 0.2) is 6.20 Å². The van der Waals surface area contributed by atoms with Gasteiger partial charge in [-0.05, 0) is 31.2 Å². The normalized spacial score (nSPS) is 12.6. The Hall–Kier alpha value is -3.63. The van der Waals surface area contributed by atoms with E-state index >= 15 is 0 Å². The average Bonchev–Trinajstić information content (AvgIpc) is 2.72. The molecule has 33 heavy (non-hydrogen) atoms. The first-order valence-corrected chi connectivity index (χ1v) is 9.82. The maximum absolute atomic E-state index is 14.3. The molecule has 6 nitrogen and oxygen atoms in total. The lowest BCUT2D eigenvalue weighted by atomic mass is 10.1. The van der Waals surface area contributed by atoms with Gasteiger partial charge in [-0.1, -0.05) is 13.8 Å². The van der Waals surface area contributed by atoms with Gasteiger partial charge >= 0.3 is 6.18 Å². The first kappa shape index (κ1) is 24.0. The Kier molecular flexibility index (Phi) is 6.61. The summed E-state index contributed by atoms with van der Waals surface area (Å²) >= 11 is 0. The first-order valence-electron chi connectivity index (χ1n) is 9.82. The number of aromatic nitrogens is 3. The van der Waals surface area contributed by atoms with E-state index in [0.29, 0.717) is 12.1 Å². The highest BCUT2D eigenvalue weighted by Gasteiger charge is 2.39. The van der Waals surface area contributed by atoms with Crippen molar-refractivity contribution in [2.45, 2.75) is 38.9 Å². The SMILES string of the molecule is CC(C)c1nc(C(=O)N[C@H](C)c2ccc(C(F)(F)F)[n+]([O-])c2)cc(-c2ccc(F)cc2F)n1. The zero-order chi connectivity index (χ0) is 24.5. The molecule has 11 heteroatoms. The van der Waals surface area contributed by atoms with Crippen LogP contribution in [0.3, 0.4) is 0 Å². The molecule has 3 aromatic rings. The van der Waals surface area contributed by atoms with Crippen molar-refractivity contribution in [1.82, 2.24) is 15.3 Å². The summed E-state index contributed by atoms with van der Waals surface area (Å²) in [5.41, 5.74) is -1.34. The molecule has 174 valence electrons. The molecule has 3 rings (SSSR count). The van der Waals surface area contributed by atoms with E-state index in [1.807, 2.05) is 0 Å². The predicted octanol–water partition coefficient (Wildman–Crippen LogP) is 4.69. The molecule has 0 bridgehead atoms. The largest absolute Gasteiger partial charge is 0.618 e. The first-order chi connectivity index (χ1) is 15.4. The Balaban J connectivity index is 1.92. The molecular weight excluding hydrogens is 447 g/mol. The lowest BCUT2D eigenvalue weighted by Gasteiger charge is -2.16. The van der Waals surface area contributed by atoms with Gasteiger partial charge in [-0.15, -0.1) is 0 Å². The van der Waals surface area contributed by atoms with Gasteiger partial charge < -0.3 is 10.5 Å². The number of rotatable bonds is 5. The topological polar surface area (TPSA) is 81.8 Å². The number of hydrogen-bond acceptors (Lipinski definition) is 4. The summed E-state index contributed by atoms with van der Waals surface area (Å²) in [4.78, 5) is 21.3. The Bertz CT molecular complexity index is 1200. The van der Waals surface area contributed by atoms with Gasteiger partial charge in [0.25, 0.3) is 11.6 Å². The number of pyridine rings is 1.